The lowest BCUT2D eigenvalue weighted by atomic mass is 10.2. The summed E-state index contributed by atoms with van der Waals surface area (Å²) in [6, 6.07) is 0. The van der Waals surface area contributed by atoms with Gasteiger partial charge in [0.25, 0.3) is 5.56 Å². The van der Waals surface area contributed by atoms with Crippen molar-refractivity contribution in [2.75, 3.05) is 6.61 Å². The molecule has 4 nitrogen and oxygen atoms in total. The monoisotopic (exact) mass is 208 g/mol. The summed E-state index contributed by atoms with van der Waals surface area (Å²) in [6.45, 7) is 7.55. The summed E-state index contributed by atoms with van der Waals surface area (Å²) < 4.78 is 1.56. The van der Waals surface area contributed by atoms with Crippen LogP contribution < -0.4 is 5.56 Å². The molecule has 0 amide bonds. The summed E-state index contributed by atoms with van der Waals surface area (Å²) in [5.41, 5.74) is 1.98. The van der Waals surface area contributed by atoms with Crippen LogP contribution >= 0.6 is 0 Å². The standard InChI is InChI=1S/C11H16N2O2/c1-4-5-10-11(15)13(6-7-14)9(3)8(2)12-10/h4,14H,1,5-7H2,2-3H3. The normalized spacial score (nSPS) is 10.3. The molecule has 0 aromatic carbocycles. The quantitative estimate of drug-likeness (QED) is 0.736. The first-order valence-corrected chi connectivity index (χ1v) is 4.90. The number of aliphatic hydroxyl groups excluding tert-OH is 1. The van der Waals surface area contributed by atoms with Gasteiger partial charge in [0.15, 0.2) is 0 Å². The van der Waals surface area contributed by atoms with E-state index in [1.165, 1.54) is 0 Å². The Hall–Kier alpha value is -1.42. The third kappa shape index (κ3) is 2.33. The van der Waals surface area contributed by atoms with E-state index in [9.17, 15) is 4.79 Å². The van der Waals surface area contributed by atoms with Gasteiger partial charge < -0.3 is 9.67 Å². The SMILES string of the molecule is C=CCc1nc(C)c(C)n(CCO)c1=O. The Morgan fingerprint density at radius 2 is 2.20 bits per heavy atom. The summed E-state index contributed by atoms with van der Waals surface area (Å²) in [5.74, 6) is 0. The molecule has 82 valence electrons. The van der Waals surface area contributed by atoms with Gasteiger partial charge in [0, 0.05) is 18.7 Å². The number of aromatic nitrogens is 2. The molecular formula is C11H16N2O2. The molecule has 0 saturated carbocycles. The average Bonchev–Trinajstić information content (AvgIpc) is 2.21. The molecule has 0 bridgehead atoms. The number of hydrogen-bond donors (Lipinski definition) is 1. The van der Waals surface area contributed by atoms with Crippen molar-refractivity contribution in [2.24, 2.45) is 0 Å². The predicted molar refractivity (Wildman–Crippen MR) is 59.0 cm³/mol. The maximum Gasteiger partial charge on any atom is 0.272 e. The molecule has 1 aromatic heterocycles. The van der Waals surface area contributed by atoms with E-state index < -0.39 is 0 Å². The van der Waals surface area contributed by atoms with Crippen LogP contribution in [0.3, 0.4) is 0 Å². The van der Waals surface area contributed by atoms with Crippen LogP contribution in [0.5, 0.6) is 0 Å². The lowest BCUT2D eigenvalue weighted by Crippen LogP contribution is -2.29. The fourth-order valence-corrected chi connectivity index (χ4v) is 1.47. The second-order valence-electron chi connectivity index (χ2n) is 3.40. The van der Waals surface area contributed by atoms with Crippen molar-refractivity contribution in [3.63, 3.8) is 0 Å². The van der Waals surface area contributed by atoms with E-state index >= 15 is 0 Å². The maximum absolute atomic E-state index is 11.9. The summed E-state index contributed by atoms with van der Waals surface area (Å²) >= 11 is 0. The number of nitrogens with zero attached hydrogens (tertiary/aromatic N) is 2. The molecule has 0 saturated heterocycles. The van der Waals surface area contributed by atoms with E-state index in [2.05, 4.69) is 11.6 Å². The highest BCUT2D eigenvalue weighted by Crippen LogP contribution is 2.02. The van der Waals surface area contributed by atoms with E-state index in [1.54, 1.807) is 10.6 Å². The lowest BCUT2D eigenvalue weighted by molar-refractivity contribution is 0.272. The Morgan fingerprint density at radius 1 is 1.53 bits per heavy atom. The van der Waals surface area contributed by atoms with E-state index in [0.29, 0.717) is 18.7 Å². The second kappa shape index (κ2) is 4.89. The van der Waals surface area contributed by atoms with Gasteiger partial charge in [-0.15, -0.1) is 6.58 Å². The van der Waals surface area contributed by atoms with Gasteiger partial charge in [-0.05, 0) is 13.8 Å². The fourth-order valence-electron chi connectivity index (χ4n) is 1.47. The molecule has 0 aliphatic carbocycles. The van der Waals surface area contributed by atoms with Crippen molar-refractivity contribution in [1.29, 1.82) is 0 Å². The van der Waals surface area contributed by atoms with Crippen molar-refractivity contribution in [2.45, 2.75) is 26.8 Å². The maximum atomic E-state index is 11.9. The molecule has 0 spiro atoms. The zero-order chi connectivity index (χ0) is 11.4. The minimum absolute atomic E-state index is 0.0439. The molecule has 0 unspecified atom stereocenters. The number of rotatable bonds is 4. The van der Waals surface area contributed by atoms with Gasteiger partial charge >= 0.3 is 0 Å². The number of hydrogen-bond acceptors (Lipinski definition) is 3. The summed E-state index contributed by atoms with van der Waals surface area (Å²) in [4.78, 5) is 16.1. The molecule has 1 aromatic rings. The fraction of sp³-hybridized carbons (Fsp3) is 0.455. The van der Waals surface area contributed by atoms with E-state index in [4.69, 9.17) is 5.11 Å². The first kappa shape index (κ1) is 11.7. The topological polar surface area (TPSA) is 55.1 Å². The van der Waals surface area contributed by atoms with Crippen LogP contribution in [0, 0.1) is 13.8 Å². The Labute approximate surface area is 88.9 Å². The van der Waals surface area contributed by atoms with E-state index in [0.717, 1.165) is 11.4 Å². The second-order valence-corrected chi connectivity index (χ2v) is 3.40. The highest BCUT2D eigenvalue weighted by Gasteiger charge is 2.09. The van der Waals surface area contributed by atoms with Gasteiger partial charge in [-0.2, -0.15) is 0 Å². The minimum Gasteiger partial charge on any atom is -0.395 e. The smallest absolute Gasteiger partial charge is 0.272 e. The highest BCUT2D eigenvalue weighted by atomic mass is 16.3. The van der Waals surface area contributed by atoms with Crippen LogP contribution in [-0.2, 0) is 13.0 Å². The van der Waals surface area contributed by atoms with Crippen LogP contribution in [-0.4, -0.2) is 21.3 Å². The first-order valence-electron chi connectivity index (χ1n) is 4.90. The molecule has 1 N–H and O–H groups in total. The Morgan fingerprint density at radius 3 is 2.73 bits per heavy atom. The minimum atomic E-state index is -0.132. The molecule has 0 atom stereocenters. The average molecular weight is 208 g/mol. The summed E-state index contributed by atoms with van der Waals surface area (Å²) in [5, 5.41) is 8.88. The van der Waals surface area contributed by atoms with Gasteiger partial charge in [0.05, 0.1) is 12.3 Å². The van der Waals surface area contributed by atoms with Gasteiger partial charge in [-0.25, -0.2) is 0 Å². The van der Waals surface area contributed by atoms with Crippen LogP contribution in [0.15, 0.2) is 17.4 Å². The van der Waals surface area contributed by atoms with Gasteiger partial charge in [-0.1, -0.05) is 6.08 Å². The van der Waals surface area contributed by atoms with Crippen molar-refractivity contribution in [3.8, 4) is 0 Å². The van der Waals surface area contributed by atoms with Crippen molar-refractivity contribution >= 4 is 0 Å². The van der Waals surface area contributed by atoms with Gasteiger partial charge in [0.1, 0.15) is 5.69 Å². The molecule has 0 aliphatic heterocycles. The number of allylic oxidation sites excluding steroid dienone is 1. The Bertz CT molecular complexity index is 421. The van der Waals surface area contributed by atoms with Gasteiger partial charge in [0.2, 0.25) is 0 Å². The molecular weight excluding hydrogens is 192 g/mol. The van der Waals surface area contributed by atoms with Crippen molar-refractivity contribution in [3.05, 3.63) is 40.1 Å². The van der Waals surface area contributed by atoms with Crippen LogP contribution in [0.2, 0.25) is 0 Å². The molecule has 0 aliphatic rings. The van der Waals surface area contributed by atoms with E-state index in [-0.39, 0.29) is 12.2 Å². The predicted octanol–water partition coefficient (Wildman–Crippen LogP) is 0.581. The molecule has 4 heteroatoms. The van der Waals surface area contributed by atoms with Crippen LogP contribution in [0.25, 0.3) is 0 Å². The largest absolute Gasteiger partial charge is 0.395 e. The zero-order valence-electron chi connectivity index (χ0n) is 9.16. The van der Waals surface area contributed by atoms with Crippen LogP contribution in [0.1, 0.15) is 17.1 Å². The number of aryl methyl sites for hydroxylation is 1. The highest BCUT2D eigenvalue weighted by molar-refractivity contribution is 5.15. The Kier molecular flexibility index (Phi) is 3.80. The van der Waals surface area contributed by atoms with Crippen LogP contribution in [0.4, 0.5) is 0 Å². The first-order chi connectivity index (χ1) is 7.11. The van der Waals surface area contributed by atoms with Gasteiger partial charge in [-0.3, -0.25) is 9.78 Å². The lowest BCUT2D eigenvalue weighted by Gasteiger charge is -2.11. The zero-order valence-corrected chi connectivity index (χ0v) is 9.16. The molecule has 15 heavy (non-hydrogen) atoms. The number of aliphatic hydroxyl groups is 1. The van der Waals surface area contributed by atoms with Crippen molar-refractivity contribution < 1.29 is 5.11 Å². The third-order valence-corrected chi connectivity index (χ3v) is 2.38. The summed E-state index contributed by atoms with van der Waals surface area (Å²) in [6.07, 6.45) is 2.12. The van der Waals surface area contributed by atoms with E-state index in [1.807, 2.05) is 13.8 Å². The third-order valence-electron chi connectivity index (χ3n) is 2.38. The molecule has 1 heterocycles. The molecule has 1 rings (SSSR count). The Balaban J connectivity index is 3.34. The summed E-state index contributed by atoms with van der Waals surface area (Å²) in [7, 11) is 0. The molecule has 0 fully saturated rings. The van der Waals surface area contributed by atoms with Crippen molar-refractivity contribution in [1.82, 2.24) is 9.55 Å². The molecule has 0 radical (unpaired) electrons.